The normalized spacial score (nSPS) is 11.5. The molecule has 0 fully saturated rings. The minimum Gasteiger partial charge on any atom is -0.264 e. The summed E-state index contributed by atoms with van der Waals surface area (Å²) in [6.07, 6.45) is 0.201. The Labute approximate surface area is 114 Å². The summed E-state index contributed by atoms with van der Waals surface area (Å²) < 4.78 is 0. The second-order valence-corrected chi connectivity index (χ2v) is 5.18. The molecular formula is C13H13N3O4. The molecule has 0 N–H and O–H groups in total. The molecule has 7 nitrogen and oxygen atoms in total. The van der Waals surface area contributed by atoms with E-state index in [2.05, 4.69) is 4.98 Å². The van der Waals surface area contributed by atoms with E-state index < -0.39 is 10.5 Å². The summed E-state index contributed by atoms with van der Waals surface area (Å²) in [5.41, 5.74) is 0.0829. The zero-order valence-electron chi connectivity index (χ0n) is 11.1. The Morgan fingerprint density at radius 3 is 2.45 bits per heavy atom. The summed E-state index contributed by atoms with van der Waals surface area (Å²) in [5, 5.41) is 22.2. The molecule has 0 saturated carbocycles. The molecule has 20 heavy (non-hydrogen) atoms. The molecule has 0 atom stereocenters. The van der Waals surface area contributed by atoms with Crippen LogP contribution in [0.3, 0.4) is 0 Å². The number of nitrogens with zero attached hydrogens (tertiary/aromatic N) is 3. The fraction of sp³-hybridized carbons (Fsp3) is 0.308. The third kappa shape index (κ3) is 2.71. The van der Waals surface area contributed by atoms with Gasteiger partial charge < -0.3 is 0 Å². The number of hydrogen-bond acceptors (Lipinski definition) is 5. The van der Waals surface area contributed by atoms with Crippen LogP contribution in [0.25, 0.3) is 10.9 Å². The Morgan fingerprint density at radius 2 is 1.85 bits per heavy atom. The van der Waals surface area contributed by atoms with Gasteiger partial charge in [0.1, 0.15) is 0 Å². The summed E-state index contributed by atoms with van der Waals surface area (Å²) in [6.45, 7) is 3.07. The second kappa shape index (κ2) is 4.84. The van der Waals surface area contributed by atoms with Gasteiger partial charge in [-0.2, -0.15) is 0 Å². The predicted molar refractivity (Wildman–Crippen MR) is 73.2 cm³/mol. The zero-order chi connectivity index (χ0) is 14.9. The summed E-state index contributed by atoms with van der Waals surface area (Å²) >= 11 is 0. The lowest BCUT2D eigenvalue weighted by atomic mass is 9.98. The third-order valence-electron chi connectivity index (χ3n) is 3.05. The number of nitro benzene ring substituents is 1. The van der Waals surface area contributed by atoms with Crippen LogP contribution < -0.4 is 0 Å². The first-order valence-electron chi connectivity index (χ1n) is 5.98. The van der Waals surface area contributed by atoms with Crippen molar-refractivity contribution in [2.75, 3.05) is 0 Å². The molecule has 2 aromatic rings. The Morgan fingerprint density at radius 1 is 1.15 bits per heavy atom. The fourth-order valence-corrected chi connectivity index (χ4v) is 1.87. The summed E-state index contributed by atoms with van der Waals surface area (Å²) in [7, 11) is 0. The van der Waals surface area contributed by atoms with Crippen molar-refractivity contribution in [3.8, 4) is 0 Å². The molecule has 1 aromatic heterocycles. The Balaban J connectivity index is 2.38. The monoisotopic (exact) mass is 275 g/mol. The van der Waals surface area contributed by atoms with Crippen LogP contribution in [0.4, 0.5) is 5.69 Å². The minimum atomic E-state index is -1.10. The van der Waals surface area contributed by atoms with Gasteiger partial charge in [0, 0.05) is 42.0 Å². The highest BCUT2D eigenvalue weighted by Gasteiger charge is 2.31. The molecular weight excluding hydrogens is 262 g/mol. The van der Waals surface area contributed by atoms with Crippen LogP contribution in [-0.4, -0.2) is 20.4 Å². The van der Waals surface area contributed by atoms with E-state index in [0.29, 0.717) is 16.6 Å². The molecule has 1 aromatic carbocycles. The minimum absolute atomic E-state index is 0.00216. The van der Waals surface area contributed by atoms with Crippen molar-refractivity contribution >= 4 is 16.6 Å². The number of non-ortho nitro benzene ring substituents is 1. The van der Waals surface area contributed by atoms with Gasteiger partial charge in [0.25, 0.3) is 5.69 Å². The van der Waals surface area contributed by atoms with Crippen molar-refractivity contribution in [3.63, 3.8) is 0 Å². The van der Waals surface area contributed by atoms with Gasteiger partial charge in [-0.05, 0) is 12.1 Å². The van der Waals surface area contributed by atoms with E-state index in [1.165, 1.54) is 26.0 Å². The average Bonchev–Trinajstić information content (AvgIpc) is 2.37. The number of nitro groups is 2. The number of rotatable bonds is 4. The summed E-state index contributed by atoms with van der Waals surface area (Å²) in [6, 6.07) is 7.72. The molecule has 2 rings (SSSR count). The average molecular weight is 275 g/mol. The van der Waals surface area contributed by atoms with E-state index in [0.717, 1.165) is 0 Å². The topological polar surface area (TPSA) is 99.2 Å². The first-order valence-corrected chi connectivity index (χ1v) is 5.98. The van der Waals surface area contributed by atoms with Crippen molar-refractivity contribution in [1.82, 2.24) is 4.98 Å². The molecule has 0 spiro atoms. The number of benzene rings is 1. The van der Waals surface area contributed by atoms with Crippen LogP contribution in [-0.2, 0) is 6.42 Å². The van der Waals surface area contributed by atoms with E-state index in [4.69, 9.17) is 0 Å². The van der Waals surface area contributed by atoms with Crippen LogP contribution in [0.5, 0.6) is 0 Å². The molecule has 0 radical (unpaired) electrons. The molecule has 7 heteroatoms. The van der Waals surface area contributed by atoms with Crippen molar-refractivity contribution in [1.29, 1.82) is 0 Å². The van der Waals surface area contributed by atoms with Gasteiger partial charge in [-0.3, -0.25) is 25.2 Å². The number of aromatic nitrogens is 1. The molecule has 0 aliphatic rings. The SMILES string of the molecule is CC(C)(Cc1ccc2cc([N+](=O)[O-])ccc2n1)[N+](=O)[O-]. The van der Waals surface area contributed by atoms with Crippen molar-refractivity contribution in [3.05, 3.63) is 56.3 Å². The van der Waals surface area contributed by atoms with E-state index in [1.54, 1.807) is 18.2 Å². The molecule has 0 saturated heterocycles. The van der Waals surface area contributed by atoms with Crippen molar-refractivity contribution in [2.24, 2.45) is 0 Å². The first kappa shape index (κ1) is 13.9. The summed E-state index contributed by atoms with van der Waals surface area (Å²) in [4.78, 5) is 25.1. The van der Waals surface area contributed by atoms with E-state index in [-0.39, 0.29) is 17.0 Å². The van der Waals surface area contributed by atoms with E-state index in [1.807, 2.05) is 0 Å². The Hall–Kier alpha value is -2.57. The van der Waals surface area contributed by atoms with Crippen LogP contribution in [0.2, 0.25) is 0 Å². The number of hydrogen-bond donors (Lipinski definition) is 0. The van der Waals surface area contributed by atoms with E-state index in [9.17, 15) is 20.2 Å². The number of fused-ring (bicyclic) bond motifs is 1. The van der Waals surface area contributed by atoms with E-state index >= 15 is 0 Å². The van der Waals surface area contributed by atoms with Crippen molar-refractivity contribution < 1.29 is 9.85 Å². The predicted octanol–water partition coefficient (Wildman–Crippen LogP) is 2.74. The maximum absolute atomic E-state index is 10.9. The molecule has 0 amide bonds. The highest BCUT2D eigenvalue weighted by molar-refractivity contribution is 5.81. The molecule has 0 unspecified atom stereocenters. The van der Waals surface area contributed by atoms with Crippen LogP contribution in [0.15, 0.2) is 30.3 Å². The molecule has 0 bridgehead atoms. The van der Waals surface area contributed by atoms with Gasteiger partial charge in [-0.1, -0.05) is 6.07 Å². The summed E-state index contributed by atoms with van der Waals surface area (Å²) in [5.74, 6) is 0. The van der Waals surface area contributed by atoms with Crippen LogP contribution in [0, 0.1) is 20.2 Å². The highest BCUT2D eigenvalue weighted by Crippen LogP contribution is 2.21. The fourth-order valence-electron chi connectivity index (χ4n) is 1.87. The lowest BCUT2D eigenvalue weighted by Gasteiger charge is -2.14. The third-order valence-corrected chi connectivity index (χ3v) is 3.05. The maximum Gasteiger partial charge on any atom is 0.270 e. The van der Waals surface area contributed by atoms with Gasteiger partial charge in [0.05, 0.1) is 16.9 Å². The standard InChI is InChI=1S/C13H13N3O4/c1-13(2,16(19)20)8-10-4-3-9-7-11(15(17)18)5-6-12(9)14-10/h3-7H,8H2,1-2H3. The Kier molecular flexibility index (Phi) is 3.35. The van der Waals surface area contributed by atoms with Gasteiger partial charge in [-0.15, -0.1) is 0 Å². The maximum atomic E-state index is 10.9. The van der Waals surface area contributed by atoms with Gasteiger partial charge in [0.15, 0.2) is 0 Å². The number of pyridine rings is 1. The lowest BCUT2D eigenvalue weighted by molar-refractivity contribution is -0.560. The largest absolute Gasteiger partial charge is 0.270 e. The Bertz CT molecular complexity index is 697. The molecule has 1 heterocycles. The van der Waals surface area contributed by atoms with Crippen LogP contribution >= 0.6 is 0 Å². The van der Waals surface area contributed by atoms with Gasteiger partial charge in [-0.25, -0.2) is 0 Å². The van der Waals surface area contributed by atoms with Gasteiger partial charge in [0.2, 0.25) is 5.54 Å². The molecule has 0 aliphatic carbocycles. The first-order chi connectivity index (χ1) is 9.29. The second-order valence-electron chi connectivity index (χ2n) is 5.18. The molecule has 104 valence electrons. The lowest BCUT2D eigenvalue weighted by Crippen LogP contribution is -2.33. The van der Waals surface area contributed by atoms with Crippen LogP contribution in [0.1, 0.15) is 19.5 Å². The highest BCUT2D eigenvalue weighted by atomic mass is 16.6. The zero-order valence-corrected chi connectivity index (χ0v) is 11.1. The quantitative estimate of drug-likeness (QED) is 0.631. The van der Waals surface area contributed by atoms with Gasteiger partial charge >= 0.3 is 0 Å². The smallest absolute Gasteiger partial charge is 0.264 e. The van der Waals surface area contributed by atoms with Crippen molar-refractivity contribution in [2.45, 2.75) is 25.8 Å². The molecule has 0 aliphatic heterocycles.